The summed E-state index contributed by atoms with van der Waals surface area (Å²) in [5, 5.41) is 0.875. The number of rotatable bonds is 2. The molecule has 0 atom stereocenters. The SMILES string of the molecule is CC(C)c1cc(N)nc(-c2ncc(Cl)cc2Cl)n1. The summed E-state index contributed by atoms with van der Waals surface area (Å²) < 4.78 is 0. The Kier molecular flexibility index (Phi) is 3.68. The van der Waals surface area contributed by atoms with E-state index in [0.717, 1.165) is 5.69 Å². The maximum absolute atomic E-state index is 6.08. The molecule has 0 bridgehead atoms. The predicted octanol–water partition coefficient (Wildman–Crippen LogP) is 3.55. The van der Waals surface area contributed by atoms with Crippen molar-refractivity contribution in [3.8, 4) is 11.5 Å². The summed E-state index contributed by atoms with van der Waals surface area (Å²) in [6.45, 7) is 4.06. The second kappa shape index (κ2) is 5.08. The number of nitrogen functional groups attached to an aromatic ring is 1. The molecule has 18 heavy (non-hydrogen) atoms. The second-order valence-electron chi connectivity index (χ2n) is 4.18. The van der Waals surface area contributed by atoms with Gasteiger partial charge >= 0.3 is 0 Å². The van der Waals surface area contributed by atoms with Crippen molar-refractivity contribution >= 4 is 29.0 Å². The van der Waals surface area contributed by atoms with Gasteiger partial charge in [0.15, 0.2) is 5.82 Å². The molecule has 0 aliphatic rings. The van der Waals surface area contributed by atoms with Gasteiger partial charge in [0, 0.05) is 18.0 Å². The third kappa shape index (κ3) is 2.71. The van der Waals surface area contributed by atoms with E-state index in [1.165, 1.54) is 6.20 Å². The zero-order valence-corrected chi connectivity index (χ0v) is 11.5. The molecular formula is C12H12Cl2N4. The van der Waals surface area contributed by atoms with Crippen molar-refractivity contribution in [1.29, 1.82) is 0 Å². The Hall–Kier alpha value is -1.39. The minimum absolute atomic E-state index is 0.250. The molecule has 2 aromatic heterocycles. The van der Waals surface area contributed by atoms with E-state index < -0.39 is 0 Å². The normalized spacial score (nSPS) is 10.9. The van der Waals surface area contributed by atoms with Crippen LogP contribution in [0.5, 0.6) is 0 Å². The van der Waals surface area contributed by atoms with Crippen molar-refractivity contribution in [3.63, 3.8) is 0 Å². The molecule has 0 amide bonds. The molecule has 0 radical (unpaired) electrons. The first kappa shape index (κ1) is 13.1. The van der Waals surface area contributed by atoms with Gasteiger partial charge in [-0.05, 0) is 12.0 Å². The highest BCUT2D eigenvalue weighted by molar-refractivity contribution is 6.35. The second-order valence-corrected chi connectivity index (χ2v) is 5.02. The Labute approximate surface area is 115 Å². The molecule has 2 heterocycles. The fourth-order valence-corrected chi connectivity index (χ4v) is 1.93. The van der Waals surface area contributed by atoms with Crippen molar-refractivity contribution in [1.82, 2.24) is 15.0 Å². The maximum atomic E-state index is 6.08. The van der Waals surface area contributed by atoms with Gasteiger partial charge in [-0.2, -0.15) is 0 Å². The van der Waals surface area contributed by atoms with Crippen molar-refractivity contribution < 1.29 is 0 Å². The highest BCUT2D eigenvalue weighted by Crippen LogP contribution is 2.27. The van der Waals surface area contributed by atoms with Crippen molar-refractivity contribution in [2.24, 2.45) is 0 Å². The lowest BCUT2D eigenvalue weighted by Crippen LogP contribution is -2.02. The van der Waals surface area contributed by atoms with Crippen LogP contribution in [0.4, 0.5) is 5.82 Å². The van der Waals surface area contributed by atoms with E-state index in [0.29, 0.717) is 27.4 Å². The fraction of sp³-hybridized carbons (Fsp3) is 0.250. The number of nitrogens with zero attached hydrogens (tertiary/aromatic N) is 3. The minimum atomic E-state index is 0.250. The van der Waals surface area contributed by atoms with Crippen LogP contribution in [0, 0.1) is 0 Å². The zero-order valence-electron chi connectivity index (χ0n) is 9.98. The molecule has 0 saturated carbocycles. The summed E-state index contributed by atoms with van der Waals surface area (Å²) in [5.74, 6) is 1.07. The van der Waals surface area contributed by atoms with Gasteiger partial charge < -0.3 is 5.73 Å². The van der Waals surface area contributed by atoms with Crippen LogP contribution in [0.2, 0.25) is 10.0 Å². The number of hydrogen-bond acceptors (Lipinski definition) is 4. The van der Waals surface area contributed by atoms with Crippen molar-refractivity contribution in [3.05, 3.63) is 34.1 Å². The quantitative estimate of drug-likeness (QED) is 0.915. The Morgan fingerprint density at radius 3 is 2.50 bits per heavy atom. The van der Waals surface area contributed by atoms with Crippen molar-refractivity contribution in [2.75, 3.05) is 5.73 Å². The number of nitrogens with two attached hydrogens (primary N) is 1. The summed E-state index contributed by atoms with van der Waals surface area (Å²) in [5.41, 5.74) is 7.10. The van der Waals surface area contributed by atoms with E-state index in [1.54, 1.807) is 12.1 Å². The predicted molar refractivity (Wildman–Crippen MR) is 73.8 cm³/mol. The van der Waals surface area contributed by atoms with Gasteiger partial charge in [-0.3, -0.25) is 0 Å². The highest BCUT2D eigenvalue weighted by atomic mass is 35.5. The lowest BCUT2D eigenvalue weighted by atomic mass is 10.1. The molecular weight excluding hydrogens is 271 g/mol. The largest absolute Gasteiger partial charge is 0.384 e. The molecule has 0 aliphatic carbocycles. The molecule has 2 N–H and O–H groups in total. The molecule has 0 spiro atoms. The van der Waals surface area contributed by atoms with Crippen LogP contribution >= 0.6 is 23.2 Å². The van der Waals surface area contributed by atoms with Crippen LogP contribution < -0.4 is 5.73 Å². The topological polar surface area (TPSA) is 64.7 Å². The van der Waals surface area contributed by atoms with E-state index in [-0.39, 0.29) is 5.92 Å². The number of hydrogen-bond donors (Lipinski definition) is 1. The smallest absolute Gasteiger partial charge is 0.181 e. The third-order valence-electron chi connectivity index (χ3n) is 2.38. The first-order valence-electron chi connectivity index (χ1n) is 5.43. The summed E-state index contributed by atoms with van der Waals surface area (Å²) >= 11 is 11.9. The molecule has 0 saturated heterocycles. The first-order valence-corrected chi connectivity index (χ1v) is 6.19. The molecule has 0 unspecified atom stereocenters. The fourth-order valence-electron chi connectivity index (χ4n) is 1.47. The lowest BCUT2D eigenvalue weighted by Gasteiger charge is -2.08. The van der Waals surface area contributed by atoms with E-state index >= 15 is 0 Å². The number of halogens is 2. The van der Waals surface area contributed by atoms with E-state index in [9.17, 15) is 0 Å². The first-order chi connectivity index (χ1) is 8.47. The van der Waals surface area contributed by atoms with E-state index in [4.69, 9.17) is 28.9 Å². The average molecular weight is 283 g/mol. The van der Waals surface area contributed by atoms with Gasteiger partial charge in [-0.15, -0.1) is 0 Å². The molecule has 2 aromatic rings. The Morgan fingerprint density at radius 2 is 1.89 bits per heavy atom. The van der Waals surface area contributed by atoms with Crippen molar-refractivity contribution in [2.45, 2.75) is 19.8 Å². The third-order valence-corrected chi connectivity index (χ3v) is 2.87. The number of pyridine rings is 1. The zero-order chi connectivity index (χ0) is 13.3. The van der Waals surface area contributed by atoms with Crippen LogP contribution in [0.1, 0.15) is 25.5 Å². The monoisotopic (exact) mass is 282 g/mol. The molecule has 0 fully saturated rings. The Bertz CT molecular complexity index is 584. The average Bonchev–Trinajstić information content (AvgIpc) is 2.27. The van der Waals surface area contributed by atoms with Crippen LogP contribution in [0.15, 0.2) is 18.3 Å². The van der Waals surface area contributed by atoms with Gasteiger partial charge in [0.2, 0.25) is 0 Å². The van der Waals surface area contributed by atoms with E-state index in [1.807, 2.05) is 13.8 Å². The standard InChI is InChI=1S/C12H12Cl2N4/c1-6(2)9-4-10(15)18-12(17-9)11-8(14)3-7(13)5-16-11/h3-6H,1-2H3,(H2,15,17,18). The summed E-state index contributed by atoms with van der Waals surface area (Å²) in [4.78, 5) is 12.7. The Balaban J connectivity index is 2.56. The molecule has 2 rings (SSSR count). The number of anilines is 1. The van der Waals surface area contributed by atoms with Gasteiger partial charge in [0.25, 0.3) is 0 Å². The molecule has 94 valence electrons. The van der Waals surface area contributed by atoms with Gasteiger partial charge in [0.1, 0.15) is 11.5 Å². The van der Waals surface area contributed by atoms with Crippen LogP contribution in [0.25, 0.3) is 11.5 Å². The van der Waals surface area contributed by atoms with Crippen LogP contribution in [-0.4, -0.2) is 15.0 Å². The summed E-state index contributed by atoms with van der Waals surface area (Å²) in [6.07, 6.45) is 1.50. The number of aromatic nitrogens is 3. The minimum Gasteiger partial charge on any atom is -0.384 e. The summed E-state index contributed by atoms with van der Waals surface area (Å²) in [7, 11) is 0. The van der Waals surface area contributed by atoms with Crippen LogP contribution in [0.3, 0.4) is 0 Å². The molecule has 0 aliphatic heterocycles. The maximum Gasteiger partial charge on any atom is 0.181 e. The molecule has 6 heteroatoms. The van der Waals surface area contributed by atoms with Crippen LogP contribution in [-0.2, 0) is 0 Å². The summed E-state index contributed by atoms with van der Waals surface area (Å²) in [6, 6.07) is 3.35. The lowest BCUT2D eigenvalue weighted by molar-refractivity contribution is 0.817. The Morgan fingerprint density at radius 1 is 1.17 bits per heavy atom. The molecule has 4 nitrogen and oxygen atoms in total. The van der Waals surface area contributed by atoms with Gasteiger partial charge in [0.05, 0.1) is 10.0 Å². The van der Waals surface area contributed by atoms with Gasteiger partial charge in [-0.25, -0.2) is 15.0 Å². The van der Waals surface area contributed by atoms with Gasteiger partial charge in [-0.1, -0.05) is 37.0 Å². The highest BCUT2D eigenvalue weighted by Gasteiger charge is 2.12. The molecule has 0 aromatic carbocycles. The van der Waals surface area contributed by atoms with E-state index in [2.05, 4.69) is 15.0 Å².